The highest BCUT2D eigenvalue weighted by Gasteiger charge is 2.14. The van der Waals surface area contributed by atoms with Crippen molar-refractivity contribution in [2.45, 2.75) is 26.0 Å². The number of carbonyl (C=O) groups is 1. The third-order valence-electron chi connectivity index (χ3n) is 4.48. The van der Waals surface area contributed by atoms with Crippen molar-refractivity contribution in [1.29, 1.82) is 0 Å². The predicted octanol–water partition coefficient (Wildman–Crippen LogP) is 4.26. The van der Waals surface area contributed by atoms with E-state index in [-0.39, 0.29) is 11.8 Å². The van der Waals surface area contributed by atoms with Crippen LogP contribution in [0.5, 0.6) is 17.4 Å². The SMILES string of the molecule is CCC(O)c1ccc(CNC(=O)c2cccnc2Oc2cccc(OC)c2)cc1. The highest BCUT2D eigenvalue weighted by atomic mass is 16.5. The standard InChI is InChI=1S/C23H24N2O4/c1-3-21(26)17-11-9-16(10-12-17)15-25-22(27)20-8-5-13-24-23(20)29-19-7-4-6-18(14-19)28-2/h4-14,21,26H,3,15H2,1-2H3,(H,25,27). The molecule has 2 aromatic carbocycles. The maximum absolute atomic E-state index is 12.7. The van der Waals surface area contributed by atoms with Gasteiger partial charge in [-0.3, -0.25) is 4.79 Å². The summed E-state index contributed by atoms with van der Waals surface area (Å²) >= 11 is 0. The fourth-order valence-electron chi connectivity index (χ4n) is 2.79. The van der Waals surface area contributed by atoms with Gasteiger partial charge in [-0.2, -0.15) is 0 Å². The van der Waals surface area contributed by atoms with Crippen LogP contribution in [0.2, 0.25) is 0 Å². The van der Waals surface area contributed by atoms with Crippen LogP contribution in [0.25, 0.3) is 0 Å². The van der Waals surface area contributed by atoms with Crippen LogP contribution in [0.3, 0.4) is 0 Å². The Morgan fingerprint density at radius 2 is 1.86 bits per heavy atom. The van der Waals surface area contributed by atoms with E-state index in [2.05, 4.69) is 10.3 Å². The number of methoxy groups -OCH3 is 1. The van der Waals surface area contributed by atoms with E-state index in [9.17, 15) is 9.90 Å². The van der Waals surface area contributed by atoms with Gasteiger partial charge in [0.25, 0.3) is 5.91 Å². The topological polar surface area (TPSA) is 80.7 Å². The number of rotatable bonds is 8. The zero-order chi connectivity index (χ0) is 20.6. The molecule has 0 bridgehead atoms. The Bertz CT molecular complexity index is 957. The number of ether oxygens (including phenoxy) is 2. The first-order valence-corrected chi connectivity index (χ1v) is 9.42. The first kappa shape index (κ1) is 20.4. The summed E-state index contributed by atoms with van der Waals surface area (Å²) in [5, 5.41) is 12.8. The summed E-state index contributed by atoms with van der Waals surface area (Å²) < 4.78 is 11.0. The lowest BCUT2D eigenvalue weighted by Crippen LogP contribution is -2.23. The van der Waals surface area contributed by atoms with Crippen molar-refractivity contribution in [2.24, 2.45) is 0 Å². The number of aromatic nitrogens is 1. The van der Waals surface area contributed by atoms with E-state index in [0.717, 1.165) is 11.1 Å². The van der Waals surface area contributed by atoms with Gasteiger partial charge in [-0.05, 0) is 41.8 Å². The molecule has 0 aliphatic rings. The molecule has 1 atom stereocenters. The second kappa shape index (κ2) is 9.71. The van der Waals surface area contributed by atoms with Gasteiger partial charge < -0.3 is 19.9 Å². The number of amides is 1. The smallest absolute Gasteiger partial charge is 0.257 e. The molecule has 0 radical (unpaired) electrons. The Labute approximate surface area is 170 Å². The van der Waals surface area contributed by atoms with Crippen molar-refractivity contribution in [1.82, 2.24) is 10.3 Å². The molecule has 0 aliphatic heterocycles. The van der Waals surface area contributed by atoms with Crippen molar-refractivity contribution in [2.75, 3.05) is 7.11 Å². The Kier molecular flexibility index (Phi) is 6.81. The van der Waals surface area contributed by atoms with Crippen LogP contribution in [0.15, 0.2) is 66.9 Å². The number of benzene rings is 2. The molecule has 0 aliphatic carbocycles. The minimum absolute atomic E-state index is 0.222. The maximum Gasteiger partial charge on any atom is 0.257 e. The molecule has 0 saturated carbocycles. The van der Waals surface area contributed by atoms with E-state index in [4.69, 9.17) is 9.47 Å². The molecule has 150 valence electrons. The van der Waals surface area contributed by atoms with Crippen molar-refractivity contribution >= 4 is 5.91 Å². The van der Waals surface area contributed by atoms with Gasteiger partial charge in [0.1, 0.15) is 17.1 Å². The zero-order valence-corrected chi connectivity index (χ0v) is 16.5. The molecule has 1 aromatic heterocycles. The first-order valence-electron chi connectivity index (χ1n) is 9.42. The molecule has 6 heteroatoms. The van der Waals surface area contributed by atoms with Crippen LogP contribution in [-0.4, -0.2) is 23.1 Å². The van der Waals surface area contributed by atoms with Gasteiger partial charge in [0.2, 0.25) is 5.88 Å². The summed E-state index contributed by atoms with van der Waals surface area (Å²) in [4.78, 5) is 16.9. The van der Waals surface area contributed by atoms with Crippen LogP contribution in [0, 0.1) is 0 Å². The van der Waals surface area contributed by atoms with Gasteiger partial charge >= 0.3 is 0 Å². The molecule has 29 heavy (non-hydrogen) atoms. The van der Waals surface area contributed by atoms with Crippen LogP contribution in [-0.2, 0) is 6.54 Å². The molecule has 1 unspecified atom stereocenters. The minimum atomic E-state index is -0.467. The maximum atomic E-state index is 12.7. The Balaban J connectivity index is 1.68. The average molecular weight is 392 g/mol. The van der Waals surface area contributed by atoms with Crippen LogP contribution in [0.1, 0.15) is 40.9 Å². The number of pyridine rings is 1. The third kappa shape index (κ3) is 5.33. The normalized spacial score (nSPS) is 11.6. The molecular formula is C23H24N2O4. The highest BCUT2D eigenvalue weighted by Crippen LogP contribution is 2.26. The number of carbonyl (C=O) groups excluding carboxylic acids is 1. The van der Waals surface area contributed by atoms with E-state index in [0.29, 0.717) is 30.0 Å². The van der Waals surface area contributed by atoms with E-state index in [1.165, 1.54) is 0 Å². The number of nitrogens with one attached hydrogen (secondary N) is 1. The van der Waals surface area contributed by atoms with E-state index >= 15 is 0 Å². The monoisotopic (exact) mass is 392 g/mol. The summed E-state index contributed by atoms with van der Waals surface area (Å²) in [6.45, 7) is 2.28. The Morgan fingerprint density at radius 3 is 2.59 bits per heavy atom. The second-order valence-electron chi connectivity index (χ2n) is 6.49. The molecule has 0 fully saturated rings. The largest absolute Gasteiger partial charge is 0.497 e. The zero-order valence-electron chi connectivity index (χ0n) is 16.5. The molecule has 0 spiro atoms. The molecule has 3 rings (SSSR count). The lowest BCUT2D eigenvalue weighted by atomic mass is 10.1. The average Bonchev–Trinajstić information content (AvgIpc) is 2.77. The third-order valence-corrected chi connectivity index (χ3v) is 4.48. The summed E-state index contributed by atoms with van der Waals surface area (Å²) in [6, 6.07) is 18.0. The molecule has 2 N–H and O–H groups in total. The number of hydrogen-bond acceptors (Lipinski definition) is 5. The Hall–Kier alpha value is -3.38. The summed E-state index contributed by atoms with van der Waals surface area (Å²) in [5.41, 5.74) is 2.14. The van der Waals surface area contributed by atoms with E-state index in [1.807, 2.05) is 37.3 Å². The van der Waals surface area contributed by atoms with E-state index < -0.39 is 6.10 Å². The van der Waals surface area contributed by atoms with Gasteiger partial charge in [0.15, 0.2) is 0 Å². The van der Waals surface area contributed by atoms with Crippen molar-refractivity contribution in [3.8, 4) is 17.4 Å². The lowest BCUT2D eigenvalue weighted by molar-refractivity contribution is 0.0948. The number of aliphatic hydroxyl groups is 1. The number of aliphatic hydroxyl groups excluding tert-OH is 1. The molecule has 1 amide bonds. The quantitative estimate of drug-likeness (QED) is 0.599. The van der Waals surface area contributed by atoms with Gasteiger partial charge in [0.05, 0.1) is 13.2 Å². The van der Waals surface area contributed by atoms with Gasteiger partial charge in [0, 0.05) is 18.8 Å². The minimum Gasteiger partial charge on any atom is -0.497 e. The number of hydrogen-bond donors (Lipinski definition) is 2. The van der Waals surface area contributed by atoms with Crippen LogP contribution >= 0.6 is 0 Å². The second-order valence-corrected chi connectivity index (χ2v) is 6.49. The number of nitrogens with zero attached hydrogens (tertiary/aromatic N) is 1. The van der Waals surface area contributed by atoms with Crippen molar-refractivity contribution in [3.05, 3.63) is 83.6 Å². The van der Waals surface area contributed by atoms with E-state index in [1.54, 1.807) is 43.6 Å². The van der Waals surface area contributed by atoms with Gasteiger partial charge in [-0.15, -0.1) is 0 Å². The van der Waals surface area contributed by atoms with Crippen LogP contribution < -0.4 is 14.8 Å². The fraction of sp³-hybridized carbons (Fsp3) is 0.217. The van der Waals surface area contributed by atoms with Crippen molar-refractivity contribution in [3.63, 3.8) is 0 Å². The van der Waals surface area contributed by atoms with Crippen LogP contribution in [0.4, 0.5) is 0 Å². The highest BCUT2D eigenvalue weighted by molar-refractivity contribution is 5.96. The molecule has 1 heterocycles. The molecular weight excluding hydrogens is 368 g/mol. The lowest BCUT2D eigenvalue weighted by Gasteiger charge is -2.12. The summed E-state index contributed by atoms with van der Waals surface area (Å²) in [5.74, 6) is 1.12. The molecule has 3 aromatic rings. The van der Waals surface area contributed by atoms with Crippen molar-refractivity contribution < 1.29 is 19.4 Å². The van der Waals surface area contributed by atoms with Gasteiger partial charge in [-0.1, -0.05) is 37.3 Å². The molecule has 0 saturated heterocycles. The van der Waals surface area contributed by atoms with Gasteiger partial charge in [-0.25, -0.2) is 4.98 Å². The first-order chi connectivity index (χ1) is 14.1. The molecule has 6 nitrogen and oxygen atoms in total. The summed E-state index contributed by atoms with van der Waals surface area (Å²) in [6.07, 6.45) is 1.77. The Morgan fingerprint density at radius 1 is 1.10 bits per heavy atom. The fourth-order valence-corrected chi connectivity index (χ4v) is 2.79. The predicted molar refractivity (Wildman–Crippen MR) is 110 cm³/mol. The summed E-state index contributed by atoms with van der Waals surface area (Å²) in [7, 11) is 1.58.